The molecule has 3 aromatic heterocycles. The summed E-state index contributed by atoms with van der Waals surface area (Å²) in [5.74, 6) is 1.15. The van der Waals surface area contributed by atoms with Gasteiger partial charge >= 0.3 is 0 Å². The summed E-state index contributed by atoms with van der Waals surface area (Å²) in [7, 11) is 0. The van der Waals surface area contributed by atoms with Crippen LogP contribution in [0.5, 0.6) is 0 Å². The number of amides is 1. The van der Waals surface area contributed by atoms with Crippen LogP contribution < -0.4 is 5.32 Å². The molecule has 25 heavy (non-hydrogen) atoms. The molecule has 1 aromatic carbocycles. The molecule has 7 nitrogen and oxygen atoms in total. The fourth-order valence-corrected chi connectivity index (χ4v) is 4.03. The first kappa shape index (κ1) is 15.7. The van der Waals surface area contributed by atoms with Crippen LogP contribution in [0.15, 0.2) is 59.5 Å². The Morgan fingerprint density at radius 2 is 2.16 bits per heavy atom. The zero-order chi connectivity index (χ0) is 17.1. The molecule has 9 heteroatoms. The monoisotopic (exact) mass is 368 g/mol. The fourth-order valence-electron chi connectivity index (χ4n) is 2.16. The van der Waals surface area contributed by atoms with Gasteiger partial charge in [-0.2, -0.15) is 5.10 Å². The van der Waals surface area contributed by atoms with Gasteiger partial charge in [0.1, 0.15) is 12.1 Å². The first-order valence-electron chi connectivity index (χ1n) is 7.38. The van der Waals surface area contributed by atoms with Crippen molar-refractivity contribution in [1.29, 1.82) is 0 Å². The van der Waals surface area contributed by atoms with E-state index < -0.39 is 0 Å². The van der Waals surface area contributed by atoms with Crippen molar-refractivity contribution in [2.24, 2.45) is 0 Å². The van der Waals surface area contributed by atoms with Crippen LogP contribution in [-0.4, -0.2) is 36.4 Å². The molecule has 0 unspecified atom stereocenters. The summed E-state index contributed by atoms with van der Waals surface area (Å²) in [6.07, 6.45) is 4.83. The molecule has 0 fully saturated rings. The average Bonchev–Trinajstić information content (AvgIpc) is 3.29. The molecule has 0 saturated carbocycles. The lowest BCUT2D eigenvalue weighted by Crippen LogP contribution is -2.15. The van der Waals surface area contributed by atoms with E-state index in [2.05, 4.69) is 25.4 Å². The number of hydrogen-bond donors (Lipinski definition) is 1. The second kappa shape index (κ2) is 6.99. The lowest BCUT2D eigenvalue weighted by Gasteiger charge is -2.05. The Bertz CT molecular complexity index is 981. The fraction of sp³-hybridized carbons (Fsp3) is 0.0625. The van der Waals surface area contributed by atoms with Crippen molar-refractivity contribution in [3.05, 3.63) is 55.1 Å². The van der Waals surface area contributed by atoms with Crippen LogP contribution in [0, 0.1) is 0 Å². The predicted molar refractivity (Wildman–Crippen MR) is 98.1 cm³/mol. The zero-order valence-electron chi connectivity index (χ0n) is 12.9. The van der Waals surface area contributed by atoms with E-state index in [1.807, 2.05) is 24.3 Å². The number of hydrogen-bond acceptors (Lipinski definition) is 7. The number of para-hydroxylation sites is 1. The van der Waals surface area contributed by atoms with Crippen LogP contribution in [-0.2, 0) is 4.79 Å². The molecular weight excluding hydrogens is 356 g/mol. The van der Waals surface area contributed by atoms with Crippen LogP contribution in [0.4, 0.5) is 5.82 Å². The Balaban J connectivity index is 1.39. The zero-order valence-corrected chi connectivity index (χ0v) is 14.5. The summed E-state index contributed by atoms with van der Waals surface area (Å²) in [6.45, 7) is 0. The number of thioether (sulfide) groups is 1. The van der Waals surface area contributed by atoms with Gasteiger partial charge in [0.15, 0.2) is 10.2 Å². The second-order valence-corrected chi connectivity index (χ2v) is 7.25. The van der Waals surface area contributed by atoms with Crippen molar-refractivity contribution in [2.75, 3.05) is 11.1 Å². The van der Waals surface area contributed by atoms with Crippen molar-refractivity contribution < 1.29 is 4.79 Å². The molecule has 0 aliphatic rings. The normalized spacial score (nSPS) is 10.9. The van der Waals surface area contributed by atoms with E-state index in [-0.39, 0.29) is 11.7 Å². The van der Waals surface area contributed by atoms with Crippen molar-refractivity contribution in [1.82, 2.24) is 24.7 Å². The van der Waals surface area contributed by atoms with Gasteiger partial charge in [0, 0.05) is 18.5 Å². The summed E-state index contributed by atoms with van der Waals surface area (Å²) in [6, 6.07) is 11.4. The molecule has 0 saturated heterocycles. The summed E-state index contributed by atoms with van der Waals surface area (Å²) in [4.78, 5) is 24.9. The molecule has 0 aliphatic heterocycles. The number of rotatable bonds is 5. The largest absolute Gasteiger partial charge is 0.310 e. The van der Waals surface area contributed by atoms with E-state index >= 15 is 0 Å². The summed E-state index contributed by atoms with van der Waals surface area (Å²) < 4.78 is 3.59. The van der Waals surface area contributed by atoms with Crippen LogP contribution in [0.1, 0.15) is 0 Å². The summed E-state index contributed by atoms with van der Waals surface area (Å²) in [5.41, 5.74) is 0.954. The molecule has 124 valence electrons. The maximum atomic E-state index is 12.2. The van der Waals surface area contributed by atoms with Gasteiger partial charge < -0.3 is 5.32 Å². The number of nitrogens with one attached hydrogen (secondary N) is 1. The molecule has 3 heterocycles. The Morgan fingerprint density at radius 1 is 1.24 bits per heavy atom. The van der Waals surface area contributed by atoms with Crippen LogP contribution in [0.25, 0.3) is 16.0 Å². The Hall–Kier alpha value is -2.78. The van der Waals surface area contributed by atoms with Gasteiger partial charge in [0.25, 0.3) is 0 Å². The maximum absolute atomic E-state index is 12.2. The highest BCUT2D eigenvalue weighted by Crippen LogP contribution is 2.29. The standard InChI is InChI=1S/C16H12N6OS2/c23-15(9-24-16-20-11-4-1-2-5-12(11)25-16)21-13-8-14(18-10-17-13)22-7-3-6-19-22/h1-8,10H,9H2,(H,17,18,21,23). The lowest BCUT2D eigenvalue weighted by molar-refractivity contribution is -0.113. The second-order valence-electron chi connectivity index (χ2n) is 5.00. The van der Waals surface area contributed by atoms with Gasteiger partial charge in [0.05, 0.1) is 16.0 Å². The molecule has 0 bridgehead atoms. The summed E-state index contributed by atoms with van der Waals surface area (Å²) in [5, 5.41) is 6.88. The number of thiazole rings is 1. The van der Waals surface area contributed by atoms with Gasteiger partial charge in [-0.05, 0) is 18.2 Å². The molecule has 1 amide bonds. The van der Waals surface area contributed by atoms with Gasteiger partial charge in [-0.3, -0.25) is 4.79 Å². The van der Waals surface area contributed by atoms with Crippen molar-refractivity contribution in [3.8, 4) is 5.82 Å². The minimum absolute atomic E-state index is 0.144. The van der Waals surface area contributed by atoms with Gasteiger partial charge in [-0.1, -0.05) is 23.9 Å². The summed E-state index contributed by atoms with van der Waals surface area (Å²) >= 11 is 2.99. The van der Waals surface area contributed by atoms with Gasteiger partial charge in [0.2, 0.25) is 5.91 Å². The molecule has 4 aromatic rings. The Morgan fingerprint density at radius 3 is 3.00 bits per heavy atom. The molecule has 4 rings (SSSR count). The third-order valence-electron chi connectivity index (χ3n) is 3.26. The van der Waals surface area contributed by atoms with E-state index in [4.69, 9.17) is 0 Å². The number of carbonyl (C=O) groups is 1. The number of fused-ring (bicyclic) bond motifs is 1. The van der Waals surface area contributed by atoms with E-state index in [0.717, 1.165) is 14.6 Å². The van der Waals surface area contributed by atoms with E-state index in [1.54, 1.807) is 40.5 Å². The van der Waals surface area contributed by atoms with Crippen LogP contribution >= 0.6 is 23.1 Å². The third-order valence-corrected chi connectivity index (χ3v) is 5.44. The van der Waals surface area contributed by atoms with Crippen molar-refractivity contribution in [2.45, 2.75) is 4.34 Å². The number of nitrogens with zero attached hydrogens (tertiary/aromatic N) is 5. The first-order chi connectivity index (χ1) is 12.3. The first-order valence-corrected chi connectivity index (χ1v) is 9.18. The van der Waals surface area contributed by atoms with Crippen molar-refractivity contribution in [3.63, 3.8) is 0 Å². The van der Waals surface area contributed by atoms with E-state index in [1.165, 1.54) is 18.1 Å². The maximum Gasteiger partial charge on any atom is 0.235 e. The smallest absolute Gasteiger partial charge is 0.235 e. The SMILES string of the molecule is O=C(CSc1nc2ccccc2s1)Nc1cc(-n2cccn2)ncn1. The molecular formula is C16H12N6OS2. The van der Waals surface area contributed by atoms with Gasteiger partial charge in [-0.25, -0.2) is 19.6 Å². The quantitative estimate of drug-likeness (QED) is 0.545. The van der Waals surface area contributed by atoms with Crippen LogP contribution in [0.2, 0.25) is 0 Å². The molecule has 0 aliphatic carbocycles. The van der Waals surface area contributed by atoms with E-state index in [0.29, 0.717) is 11.6 Å². The average molecular weight is 368 g/mol. The predicted octanol–water partition coefficient (Wildman–Crippen LogP) is 3.00. The highest BCUT2D eigenvalue weighted by atomic mass is 32.2. The molecule has 1 N–H and O–H groups in total. The number of carbonyl (C=O) groups excluding carboxylic acids is 1. The topological polar surface area (TPSA) is 85.6 Å². The minimum atomic E-state index is -0.144. The number of aromatic nitrogens is 5. The van der Waals surface area contributed by atoms with Crippen molar-refractivity contribution >= 4 is 45.0 Å². The highest BCUT2D eigenvalue weighted by molar-refractivity contribution is 8.01. The Labute approximate surface area is 151 Å². The van der Waals surface area contributed by atoms with E-state index in [9.17, 15) is 4.79 Å². The molecule has 0 spiro atoms. The number of benzene rings is 1. The molecule has 0 radical (unpaired) electrons. The highest BCUT2D eigenvalue weighted by Gasteiger charge is 2.09. The van der Waals surface area contributed by atoms with Gasteiger partial charge in [-0.15, -0.1) is 11.3 Å². The lowest BCUT2D eigenvalue weighted by atomic mass is 10.3. The number of anilines is 1. The Kier molecular flexibility index (Phi) is 4.40. The third kappa shape index (κ3) is 3.67. The minimum Gasteiger partial charge on any atom is -0.310 e. The molecule has 0 atom stereocenters. The van der Waals surface area contributed by atoms with Crippen LogP contribution in [0.3, 0.4) is 0 Å².